The number of cyclic esters (lactones) is 1. The highest BCUT2D eigenvalue weighted by molar-refractivity contribution is 5.89. The molecular weight excluding hydrogens is 921 g/mol. The molecule has 0 radical (unpaired) electrons. The zero-order valence-corrected chi connectivity index (χ0v) is 43.2. The number of carbonyl (C=O) groups is 4. The Hall–Kier alpha value is -4.15. The van der Waals surface area contributed by atoms with Crippen LogP contribution in [0.1, 0.15) is 98.5 Å². The van der Waals surface area contributed by atoms with Gasteiger partial charge in [0.25, 0.3) is 0 Å². The summed E-state index contributed by atoms with van der Waals surface area (Å²) in [6.07, 6.45) is -3.59. The molecule has 1 amide bonds. The van der Waals surface area contributed by atoms with Gasteiger partial charge in [-0.15, -0.1) is 0 Å². The van der Waals surface area contributed by atoms with Gasteiger partial charge in [-0.05, 0) is 91.9 Å². The van der Waals surface area contributed by atoms with Crippen molar-refractivity contribution >= 4 is 41.2 Å². The first-order valence-electron chi connectivity index (χ1n) is 25.1. The molecule has 71 heavy (non-hydrogen) atoms. The second-order valence-corrected chi connectivity index (χ2v) is 19.8. The van der Waals surface area contributed by atoms with Crippen molar-refractivity contribution in [2.75, 3.05) is 47.9 Å². The van der Waals surface area contributed by atoms with E-state index in [0.29, 0.717) is 38.9 Å². The lowest BCUT2D eigenvalue weighted by molar-refractivity contribution is -0.344. The van der Waals surface area contributed by atoms with Gasteiger partial charge in [0.2, 0.25) is 0 Å². The van der Waals surface area contributed by atoms with E-state index in [0.717, 1.165) is 22.6 Å². The Morgan fingerprint density at radius 2 is 1.75 bits per heavy atom. The zero-order valence-electron chi connectivity index (χ0n) is 43.2. The van der Waals surface area contributed by atoms with E-state index >= 15 is 0 Å². The summed E-state index contributed by atoms with van der Waals surface area (Å²) in [7, 11) is 6.80. The number of likely N-dealkylation sites (N-methyl/N-ethyl adjacent to an activating group) is 2. The Morgan fingerprint density at radius 1 is 1.00 bits per heavy atom. The van der Waals surface area contributed by atoms with Crippen LogP contribution in [0.3, 0.4) is 0 Å². The van der Waals surface area contributed by atoms with Crippen LogP contribution in [0.25, 0.3) is 16.8 Å². The molecule has 0 unspecified atom stereocenters. The van der Waals surface area contributed by atoms with E-state index in [1.165, 1.54) is 7.11 Å². The number of hydrogen-bond donors (Lipinski definition) is 4. The number of nitrogens with zero attached hydrogens (tertiary/aromatic N) is 3. The first kappa shape index (κ1) is 57.7. The van der Waals surface area contributed by atoms with Gasteiger partial charge in [0.15, 0.2) is 24.3 Å². The number of aldehydes is 1. The largest absolute Gasteiger partial charge is 0.462 e. The number of rotatable bonds is 15. The Morgan fingerprint density at radius 3 is 2.44 bits per heavy atom. The van der Waals surface area contributed by atoms with Crippen LogP contribution in [0.5, 0.6) is 0 Å². The lowest BCUT2D eigenvalue weighted by Crippen LogP contribution is -2.66. The van der Waals surface area contributed by atoms with Crippen LogP contribution in [-0.4, -0.2) is 188 Å². The van der Waals surface area contributed by atoms with Crippen molar-refractivity contribution in [3.63, 3.8) is 0 Å². The van der Waals surface area contributed by atoms with Crippen LogP contribution in [0.2, 0.25) is 0 Å². The van der Waals surface area contributed by atoms with Crippen LogP contribution in [-0.2, 0) is 52.3 Å². The second-order valence-electron chi connectivity index (χ2n) is 19.8. The molecule has 1 aromatic heterocycles. The molecule has 4 heterocycles. The fourth-order valence-corrected chi connectivity index (χ4v) is 10.2. The molecule has 1 aromatic carbocycles. The number of nitrogens with one attached hydrogen (secondary N) is 1. The number of ether oxygens (including phenoxy) is 8. The summed E-state index contributed by atoms with van der Waals surface area (Å²) in [6.45, 7) is 11.6. The number of fused-ring (bicyclic) bond motifs is 1. The molecule has 4 N–H and O–H groups in total. The van der Waals surface area contributed by atoms with E-state index in [1.54, 1.807) is 59.8 Å². The summed E-state index contributed by atoms with van der Waals surface area (Å²) >= 11 is 0. The Balaban J connectivity index is 1.39. The molecule has 3 aliphatic heterocycles. The molecule has 0 spiro atoms. The number of carbonyl (C=O) groups excluding carboxylic acids is 4. The molecule has 3 saturated heterocycles. The fraction of sp³-hybridized carbons (Fsp3) is 0.712. The molecule has 3 aliphatic rings. The molecule has 16 atom stereocenters. The number of pyridine rings is 1. The van der Waals surface area contributed by atoms with Crippen molar-refractivity contribution in [2.45, 2.75) is 178 Å². The highest BCUT2D eigenvalue weighted by atomic mass is 16.7. The lowest BCUT2D eigenvalue weighted by Gasteiger charge is -2.50. The minimum absolute atomic E-state index is 0.0298. The summed E-state index contributed by atoms with van der Waals surface area (Å²) in [5.41, 5.74) is -0.432. The maximum absolute atomic E-state index is 13.8. The lowest BCUT2D eigenvalue weighted by atomic mass is 9.82. The zero-order chi connectivity index (χ0) is 52.0. The Labute approximate surface area is 418 Å². The van der Waals surface area contributed by atoms with Crippen LogP contribution < -0.4 is 5.32 Å². The third-order valence-electron chi connectivity index (χ3n) is 13.9. The molecule has 0 saturated carbocycles. The molecule has 0 bridgehead atoms. The van der Waals surface area contributed by atoms with Crippen molar-refractivity contribution in [3.8, 4) is 0 Å². The number of alkyl carbamates (subject to hydrolysis) is 1. The molecule has 19 nitrogen and oxygen atoms in total. The monoisotopic (exact) mass is 1000 g/mol. The van der Waals surface area contributed by atoms with Gasteiger partial charge in [-0.25, -0.2) is 4.79 Å². The van der Waals surface area contributed by atoms with Crippen molar-refractivity contribution in [2.24, 2.45) is 11.8 Å². The van der Waals surface area contributed by atoms with Crippen LogP contribution >= 0.6 is 0 Å². The molecule has 398 valence electrons. The van der Waals surface area contributed by atoms with Gasteiger partial charge in [0.1, 0.15) is 30.7 Å². The molecule has 3 fully saturated rings. The summed E-state index contributed by atoms with van der Waals surface area (Å²) in [5.74, 6) is -2.22. The first-order valence-corrected chi connectivity index (χ1v) is 25.1. The molecular formula is C52H80N4O15. The predicted octanol–water partition coefficient (Wildman–Crippen LogP) is 4.40. The van der Waals surface area contributed by atoms with E-state index in [2.05, 4.69) is 10.3 Å². The summed E-state index contributed by atoms with van der Waals surface area (Å²) in [5, 5.41) is 40.4. The van der Waals surface area contributed by atoms with Crippen molar-refractivity contribution < 1.29 is 72.4 Å². The maximum Gasteiger partial charge on any atom is 0.407 e. The summed E-state index contributed by atoms with van der Waals surface area (Å²) in [6, 6.07) is 7.13. The standard InChI is InChI=1S/C52H80N4O15/c1-11-41(60)71-52(6)27-43(65-33(5)49(52)70-51(63)54-12-2)68-46-32(4)66-50(45(62)44(46)55(7)8)69-47-34(22-24-57)25-31(3)40(59)30-56(9)23-16-20-37(67-42(61)26-39(58)48(47)64-10)19-15-18-36-29-53-28-35-17-13-14-21-38(35)36/h13-15,17-18,21,24,28-29,31-34,37,39-40,43-50,58-59,62H,11-12,16,19-20,22-23,25-27,30H2,1-10H3,(H,54,63)/b18-15+/t31-,32-,33+,34+,37+,39-,40+,43+,44-,45-,46-,47+,48+,49+,50+,52-/m1/s1. The van der Waals surface area contributed by atoms with E-state index < -0.39 is 116 Å². The molecule has 0 aliphatic carbocycles. The summed E-state index contributed by atoms with van der Waals surface area (Å²) in [4.78, 5) is 59.8. The smallest absolute Gasteiger partial charge is 0.407 e. The van der Waals surface area contributed by atoms with Gasteiger partial charge in [-0.2, -0.15) is 0 Å². The fourth-order valence-electron chi connectivity index (χ4n) is 10.2. The highest BCUT2D eigenvalue weighted by Crippen LogP contribution is 2.39. The molecule has 19 heteroatoms. The van der Waals surface area contributed by atoms with Gasteiger partial charge in [0, 0.05) is 69.2 Å². The second kappa shape index (κ2) is 27.2. The Bertz CT molecular complexity index is 2040. The van der Waals surface area contributed by atoms with E-state index in [-0.39, 0.29) is 31.6 Å². The molecule has 2 aromatic rings. The van der Waals surface area contributed by atoms with Crippen molar-refractivity contribution in [1.29, 1.82) is 0 Å². The van der Waals surface area contributed by atoms with Gasteiger partial charge in [-0.1, -0.05) is 50.3 Å². The average Bonchev–Trinajstić information content (AvgIpc) is 3.31. The van der Waals surface area contributed by atoms with Crippen LogP contribution in [0.4, 0.5) is 4.79 Å². The van der Waals surface area contributed by atoms with E-state index in [1.807, 2.05) is 61.5 Å². The van der Waals surface area contributed by atoms with Gasteiger partial charge in [0.05, 0.1) is 43.0 Å². The number of benzene rings is 1. The van der Waals surface area contributed by atoms with Gasteiger partial charge < -0.3 is 73.1 Å². The minimum Gasteiger partial charge on any atom is -0.462 e. The maximum atomic E-state index is 13.8. The van der Waals surface area contributed by atoms with Crippen molar-refractivity contribution in [1.82, 2.24) is 20.1 Å². The number of aliphatic hydroxyl groups is 3. The third-order valence-corrected chi connectivity index (χ3v) is 13.9. The number of methoxy groups -OCH3 is 1. The van der Waals surface area contributed by atoms with Crippen LogP contribution in [0, 0.1) is 11.8 Å². The number of aromatic nitrogens is 1. The van der Waals surface area contributed by atoms with E-state index in [4.69, 9.17) is 37.9 Å². The average molecular weight is 1000 g/mol. The van der Waals surface area contributed by atoms with Crippen LogP contribution in [0.15, 0.2) is 42.7 Å². The quantitative estimate of drug-likeness (QED) is 0.110. The molecule has 5 rings (SSSR count). The first-order chi connectivity index (χ1) is 33.8. The minimum atomic E-state index is -1.50. The SMILES string of the molecule is CCNC(=O)O[C@H]1[C@H](C)O[C@@H](O[C@H]2[C@H](N(C)C)[C@@H](O)[C@H](O[C@H]3[C@@H](CC=O)C[C@@H](C)[C@@H](O)CN(C)CCC[C@H](C/C=C/c4cncc5ccccc45)OC(=O)C[C@@H](O)[C@@H]3OC)O[C@@H]2C)C[C@@]1(C)OC(=O)CC. The number of esters is 2. The normalized spacial score (nSPS) is 35.2. The van der Waals surface area contributed by atoms with E-state index in [9.17, 15) is 34.5 Å². The van der Waals surface area contributed by atoms with Gasteiger partial charge >= 0.3 is 18.0 Å². The third kappa shape index (κ3) is 15.7. The number of hydrogen-bond acceptors (Lipinski definition) is 18. The number of aliphatic hydroxyl groups excluding tert-OH is 3. The van der Waals surface area contributed by atoms with Crippen molar-refractivity contribution in [3.05, 3.63) is 48.3 Å². The predicted molar refractivity (Wildman–Crippen MR) is 263 cm³/mol. The summed E-state index contributed by atoms with van der Waals surface area (Å²) < 4.78 is 49.8. The highest BCUT2D eigenvalue weighted by Gasteiger charge is 2.54. The number of amides is 1. The Kier molecular flexibility index (Phi) is 22.1. The topological polar surface area (TPSA) is 234 Å². The number of β-amino-alcohol motifs (C(OH)–C–C–N with tert-alkyl or cyclic N) is 1. The van der Waals surface area contributed by atoms with Gasteiger partial charge in [-0.3, -0.25) is 14.6 Å².